The van der Waals surface area contributed by atoms with Gasteiger partial charge >= 0.3 is 11.8 Å². The van der Waals surface area contributed by atoms with Gasteiger partial charge in [0.1, 0.15) is 5.75 Å². The van der Waals surface area contributed by atoms with E-state index < -0.39 is 11.8 Å². The number of methoxy groups -OCH3 is 1. The molecular formula is C20H24N2O3S. The van der Waals surface area contributed by atoms with Crippen molar-refractivity contribution in [3.8, 4) is 5.75 Å². The zero-order valence-electron chi connectivity index (χ0n) is 14.9. The minimum atomic E-state index is -0.646. The van der Waals surface area contributed by atoms with E-state index in [9.17, 15) is 9.59 Å². The van der Waals surface area contributed by atoms with Crippen molar-refractivity contribution < 1.29 is 14.3 Å². The van der Waals surface area contributed by atoms with Crippen LogP contribution in [-0.4, -0.2) is 25.5 Å². The van der Waals surface area contributed by atoms with Crippen molar-refractivity contribution in [2.75, 3.05) is 19.0 Å². The molecule has 2 N–H and O–H groups in total. The van der Waals surface area contributed by atoms with E-state index in [-0.39, 0.29) is 5.41 Å². The highest BCUT2D eigenvalue weighted by Crippen LogP contribution is 2.41. The molecule has 0 unspecified atom stereocenters. The number of carbonyl (C=O) groups is 2. The summed E-state index contributed by atoms with van der Waals surface area (Å²) >= 11 is 1.73. The van der Waals surface area contributed by atoms with Crippen molar-refractivity contribution >= 4 is 28.8 Å². The molecule has 2 amide bonds. The second kappa shape index (κ2) is 8.36. The first-order valence-corrected chi connectivity index (χ1v) is 9.78. The highest BCUT2D eigenvalue weighted by atomic mass is 32.1. The van der Waals surface area contributed by atoms with E-state index in [0.29, 0.717) is 18.0 Å². The molecule has 138 valence electrons. The number of hydrogen-bond acceptors (Lipinski definition) is 4. The number of amides is 2. The van der Waals surface area contributed by atoms with Gasteiger partial charge in [0.25, 0.3) is 0 Å². The smallest absolute Gasteiger partial charge is 0.313 e. The quantitative estimate of drug-likeness (QED) is 0.786. The molecule has 1 heterocycles. The predicted octanol–water partition coefficient (Wildman–Crippen LogP) is 3.71. The van der Waals surface area contributed by atoms with Crippen molar-refractivity contribution in [3.05, 3.63) is 46.7 Å². The Labute approximate surface area is 157 Å². The van der Waals surface area contributed by atoms with Crippen LogP contribution in [-0.2, 0) is 15.0 Å². The monoisotopic (exact) mass is 372 g/mol. The summed E-state index contributed by atoms with van der Waals surface area (Å²) in [5, 5.41) is 7.55. The zero-order valence-corrected chi connectivity index (χ0v) is 15.7. The van der Waals surface area contributed by atoms with Gasteiger partial charge in [-0.2, -0.15) is 0 Å². The van der Waals surface area contributed by atoms with Gasteiger partial charge in [0.2, 0.25) is 0 Å². The molecule has 0 radical (unpaired) electrons. The van der Waals surface area contributed by atoms with Gasteiger partial charge in [-0.3, -0.25) is 9.59 Å². The fourth-order valence-electron chi connectivity index (χ4n) is 3.51. The van der Waals surface area contributed by atoms with Crippen LogP contribution in [0, 0.1) is 0 Å². The number of nitrogens with one attached hydrogen (secondary N) is 2. The van der Waals surface area contributed by atoms with E-state index in [4.69, 9.17) is 4.74 Å². The molecule has 1 saturated carbocycles. The summed E-state index contributed by atoms with van der Waals surface area (Å²) in [6, 6.07) is 11.1. The van der Waals surface area contributed by atoms with Crippen LogP contribution < -0.4 is 15.4 Å². The molecule has 1 aliphatic carbocycles. The van der Waals surface area contributed by atoms with Crippen LogP contribution >= 0.6 is 11.3 Å². The molecule has 0 aliphatic heterocycles. The summed E-state index contributed by atoms with van der Waals surface area (Å²) in [6.45, 7) is 0.502. The van der Waals surface area contributed by atoms with Crippen molar-refractivity contribution in [1.29, 1.82) is 0 Å². The average Bonchev–Trinajstić information content (AvgIpc) is 3.23. The molecule has 0 saturated heterocycles. The molecule has 0 bridgehead atoms. The predicted molar refractivity (Wildman–Crippen MR) is 104 cm³/mol. The van der Waals surface area contributed by atoms with Gasteiger partial charge in [-0.15, -0.1) is 11.3 Å². The topological polar surface area (TPSA) is 67.4 Å². The summed E-state index contributed by atoms with van der Waals surface area (Å²) in [4.78, 5) is 25.8. The Morgan fingerprint density at radius 3 is 2.42 bits per heavy atom. The van der Waals surface area contributed by atoms with E-state index in [1.165, 1.54) is 11.3 Å². The van der Waals surface area contributed by atoms with Crippen LogP contribution in [0.15, 0.2) is 41.8 Å². The van der Waals surface area contributed by atoms with Gasteiger partial charge in [-0.1, -0.05) is 25.3 Å². The lowest BCUT2D eigenvalue weighted by molar-refractivity contribution is -0.136. The summed E-state index contributed by atoms with van der Waals surface area (Å²) in [7, 11) is 1.58. The first kappa shape index (κ1) is 18.5. The van der Waals surface area contributed by atoms with Crippen LogP contribution in [0.4, 0.5) is 5.69 Å². The lowest BCUT2D eigenvalue weighted by Gasteiger charge is -2.36. The third-order valence-electron chi connectivity index (χ3n) is 5.00. The van der Waals surface area contributed by atoms with E-state index >= 15 is 0 Å². The standard InChI is InChI=1S/C20H24N2O3S/c1-25-16-9-7-15(8-10-16)22-19(24)18(23)21-14-20(11-3-2-4-12-20)17-6-5-13-26-17/h5-10,13H,2-4,11-12,14H2,1H3,(H,21,23)(H,22,24). The Morgan fingerprint density at radius 1 is 1.08 bits per heavy atom. The Morgan fingerprint density at radius 2 is 1.81 bits per heavy atom. The number of carbonyl (C=O) groups excluding carboxylic acids is 2. The second-order valence-corrected chi connectivity index (χ2v) is 7.63. The normalized spacial score (nSPS) is 15.9. The first-order valence-electron chi connectivity index (χ1n) is 8.90. The summed E-state index contributed by atoms with van der Waals surface area (Å²) < 4.78 is 5.08. The molecule has 0 spiro atoms. The fraction of sp³-hybridized carbons (Fsp3) is 0.400. The van der Waals surface area contributed by atoms with Gasteiger partial charge < -0.3 is 15.4 Å². The van der Waals surface area contributed by atoms with Crippen molar-refractivity contribution in [2.24, 2.45) is 0 Å². The average molecular weight is 372 g/mol. The fourth-order valence-corrected chi connectivity index (χ4v) is 4.50. The third-order valence-corrected chi connectivity index (χ3v) is 6.11. The maximum absolute atomic E-state index is 12.3. The Hall–Kier alpha value is -2.34. The Kier molecular flexibility index (Phi) is 5.93. The molecule has 0 atom stereocenters. The van der Waals surface area contributed by atoms with Crippen LogP contribution in [0.2, 0.25) is 0 Å². The van der Waals surface area contributed by atoms with Crippen molar-refractivity contribution in [3.63, 3.8) is 0 Å². The van der Waals surface area contributed by atoms with Gasteiger partial charge in [0.15, 0.2) is 0 Å². The molecule has 3 rings (SSSR count). The van der Waals surface area contributed by atoms with Crippen LogP contribution in [0.5, 0.6) is 5.75 Å². The minimum Gasteiger partial charge on any atom is -0.497 e. The second-order valence-electron chi connectivity index (χ2n) is 6.68. The largest absolute Gasteiger partial charge is 0.497 e. The van der Waals surface area contributed by atoms with Gasteiger partial charge in [0.05, 0.1) is 7.11 Å². The van der Waals surface area contributed by atoms with Gasteiger partial charge in [0, 0.05) is 22.5 Å². The molecule has 1 aromatic heterocycles. The maximum Gasteiger partial charge on any atom is 0.313 e. The number of ether oxygens (including phenoxy) is 1. The van der Waals surface area contributed by atoms with Crippen LogP contribution in [0.25, 0.3) is 0 Å². The van der Waals surface area contributed by atoms with E-state index in [1.54, 1.807) is 42.7 Å². The SMILES string of the molecule is COc1ccc(NC(=O)C(=O)NCC2(c3cccs3)CCCCC2)cc1. The summed E-state index contributed by atoms with van der Waals surface area (Å²) in [5.74, 6) is -0.544. The number of benzene rings is 1. The number of thiophene rings is 1. The molecule has 5 nitrogen and oxygen atoms in total. The van der Waals surface area contributed by atoms with Crippen LogP contribution in [0.1, 0.15) is 37.0 Å². The molecule has 1 fully saturated rings. The molecular weight excluding hydrogens is 348 g/mol. The Balaban J connectivity index is 1.60. The van der Waals surface area contributed by atoms with E-state index in [1.807, 2.05) is 0 Å². The third kappa shape index (κ3) is 4.25. The highest BCUT2D eigenvalue weighted by molar-refractivity contribution is 7.10. The molecule has 2 aromatic rings. The molecule has 26 heavy (non-hydrogen) atoms. The lowest BCUT2D eigenvalue weighted by Crippen LogP contribution is -2.45. The summed E-state index contributed by atoms with van der Waals surface area (Å²) in [5.41, 5.74) is 0.527. The zero-order chi connectivity index (χ0) is 18.4. The molecule has 1 aliphatic rings. The highest BCUT2D eigenvalue weighted by Gasteiger charge is 2.35. The van der Waals surface area contributed by atoms with E-state index in [2.05, 4.69) is 28.1 Å². The van der Waals surface area contributed by atoms with Gasteiger partial charge in [-0.05, 0) is 48.6 Å². The van der Waals surface area contributed by atoms with E-state index in [0.717, 1.165) is 25.7 Å². The van der Waals surface area contributed by atoms with Crippen molar-refractivity contribution in [2.45, 2.75) is 37.5 Å². The number of rotatable bonds is 5. The maximum atomic E-state index is 12.3. The van der Waals surface area contributed by atoms with Gasteiger partial charge in [-0.25, -0.2) is 0 Å². The molecule has 1 aromatic carbocycles. The van der Waals surface area contributed by atoms with Crippen molar-refractivity contribution in [1.82, 2.24) is 5.32 Å². The number of hydrogen-bond donors (Lipinski definition) is 2. The minimum absolute atomic E-state index is 0.0392. The van der Waals surface area contributed by atoms with Crippen LogP contribution in [0.3, 0.4) is 0 Å². The lowest BCUT2D eigenvalue weighted by atomic mass is 9.73. The number of anilines is 1. The summed E-state index contributed by atoms with van der Waals surface area (Å²) in [6.07, 6.45) is 5.65. The Bertz CT molecular complexity index is 735. The first-order chi connectivity index (χ1) is 12.6. The molecule has 6 heteroatoms.